The number of oxime groups is 1. The van der Waals surface area contributed by atoms with Crippen molar-refractivity contribution < 1.29 is 14.0 Å². The first kappa shape index (κ1) is 17.4. The van der Waals surface area contributed by atoms with Gasteiger partial charge in [-0.3, -0.25) is 4.79 Å². The molecule has 4 rings (SSSR count). The fourth-order valence-electron chi connectivity index (χ4n) is 3.44. The zero-order valence-electron chi connectivity index (χ0n) is 15.1. The van der Waals surface area contributed by atoms with Crippen LogP contribution in [0.2, 0.25) is 0 Å². The summed E-state index contributed by atoms with van der Waals surface area (Å²) in [5, 5.41) is 11.8. The maximum Gasteiger partial charge on any atom is 0.219 e. The van der Waals surface area contributed by atoms with Gasteiger partial charge in [0.1, 0.15) is 5.82 Å². The molecule has 0 radical (unpaired) electrons. The van der Waals surface area contributed by atoms with E-state index in [-0.39, 0.29) is 17.8 Å². The number of nitrogens with zero attached hydrogens (tertiary/aromatic N) is 6. The molecule has 0 spiro atoms. The Hall–Kier alpha value is -2.97. The number of aromatic nitrogens is 3. The standard InChI is InChI=1S/C18H21FN6O2/c1-13(26)23-6-8-24(9-7-23)18-3-2-14(10-16(18)19)17-11-15(27-21-17)12-25-5-4-20-22-25/h2-5,10,15H,6-9,11-12H2,1H3/t15-/m0/s1. The Balaban J connectivity index is 1.40. The highest BCUT2D eigenvalue weighted by Crippen LogP contribution is 2.25. The quantitative estimate of drug-likeness (QED) is 0.808. The highest BCUT2D eigenvalue weighted by Gasteiger charge is 2.25. The van der Waals surface area contributed by atoms with Crippen molar-refractivity contribution in [3.63, 3.8) is 0 Å². The number of hydrogen-bond acceptors (Lipinski definition) is 6. The SMILES string of the molecule is CC(=O)N1CCN(c2ccc(C3=NO[C@H](Cn4ccnn4)C3)cc2F)CC1. The first-order valence-corrected chi connectivity index (χ1v) is 8.97. The molecule has 0 unspecified atom stereocenters. The van der Waals surface area contributed by atoms with Crippen LogP contribution in [0, 0.1) is 5.82 Å². The van der Waals surface area contributed by atoms with Gasteiger partial charge in [0.25, 0.3) is 0 Å². The van der Waals surface area contributed by atoms with E-state index in [1.165, 1.54) is 6.07 Å². The van der Waals surface area contributed by atoms with Gasteiger partial charge < -0.3 is 14.6 Å². The van der Waals surface area contributed by atoms with Gasteiger partial charge >= 0.3 is 0 Å². The molecule has 2 aliphatic rings. The Labute approximate surface area is 156 Å². The lowest BCUT2D eigenvalue weighted by molar-refractivity contribution is -0.129. The molecular formula is C18H21FN6O2. The van der Waals surface area contributed by atoms with E-state index in [1.54, 1.807) is 35.0 Å². The number of halogens is 1. The third-order valence-electron chi connectivity index (χ3n) is 4.94. The van der Waals surface area contributed by atoms with Gasteiger partial charge in [0, 0.05) is 51.3 Å². The zero-order valence-corrected chi connectivity index (χ0v) is 15.1. The average Bonchev–Trinajstić information content (AvgIpc) is 3.34. The Morgan fingerprint density at radius 2 is 2.11 bits per heavy atom. The number of piperazine rings is 1. The highest BCUT2D eigenvalue weighted by molar-refractivity contribution is 6.01. The molecule has 142 valence electrons. The van der Waals surface area contributed by atoms with Crippen molar-refractivity contribution in [2.24, 2.45) is 5.16 Å². The number of hydrogen-bond donors (Lipinski definition) is 0. The van der Waals surface area contributed by atoms with Crippen molar-refractivity contribution in [3.05, 3.63) is 42.0 Å². The smallest absolute Gasteiger partial charge is 0.219 e. The van der Waals surface area contributed by atoms with Crippen molar-refractivity contribution in [1.29, 1.82) is 0 Å². The second-order valence-corrected chi connectivity index (χ2v) is 6.75. The molecule has 1 amide bonds. The predicted octanol–water partition coefficient (Wildman–Crippen LogP) is 1.28. The van der Waals surface area contributed by atoms with Crippen molar-refractivity contribution in [3.8, 4) is 0 Å². The van der Waals surface area contributed by atoms with Gasteiger partial charge in [0.15, 0.2) is 6.10 Å². The lowest BCUT2D eigenvalue weighted by Crippen LogP contribution is -2.48. The molecule has 2 aromatic rings. The minimum absolute atomic E-state index is 0.0603. The summed E-state index contributed by atoms with van der Waals surface area (Å²) in [6.45, 7) is 4.58. The van der Waals surface area contributed by atoms with Crippen LogP contribution in [0.3, 0.4) is 0 Å². The second-order valence-electron chi connectivity index (χ2n) is 6.75. The summed E-state index contributed by atoms with van der Waals surface area (Å²) in [6.07, 6.45) is 3.84. The number of amides is 1. The summed E-state index contributed by atoms with van der Waals surface area (Å²) in [7, 11) is 0. The number of anilines is 1. The van der Waals surface area contributed by atoms with Crippen LogP contribution in [0.1, 0.15) is 18.9 Å². The molecule has 1 atom stereocenters. The van der Waals surface area contributed by atoms with Crippen LogP contribution in [0.5, 0.6) is 0 Å². The van der Waals surface area contributed by atoms with E-state index in [0.717, 1.165) is 11.3 Å². The molecule has 8 nitrogen and oxygen atoms in total. The Kier molecular flexibility index (Phi) is 4.74. The van der Waals surface area contributed by atoms with Gasteiger partial charge in [0.2, 0.25) is 5.91 Å². The van der Waals surface area contributed by atoms with Crippen LogP contribution in [-0.4, -0.2) is 63.8 Å². The topological polar surface area (TPSA) is 75.8 Å². The van der Waals surface area contributed by atoms with Crippen LogP contribution in [0.25, 0.3) is 0 Å². The van der Waals surface area contributed by atoms with Gasteiger partial charge in [-0.2, -0.15) is 0 Å². The Morgan fingerprint density at radius 1 is 1.30 bits per heavy atom. The third-order valence-corrected chi connectivity index (χ3v) is 4.94. The van der Waals surface area contributed by atoms with Crippen molar-refractivity contribution in [2.45, 2.75) is 26.0 Å². The van der Waals surface area contributed by atoms with Gasteiger partial charge in [0.05, 0.1) is 24.1 Å². The van der Waals surface area contributed by atoms with E-state index in [9.17, 15) is 9.18 Å². The second kappa shape index (κ2) is 7.34. The molecule has 0 N–H and O–H groups in total. The summed E-state index contributed by atoms with van der Waals surface area (Å²) < 4.78 is 16.4. The van der Waals surface area contributed by atoms with Gasteiger partial charge in [-0.05, 0) is 12.1 Å². The fourth-order valence-corrected chi connectivity index (χ4v) is 3.44. The molecule has 1 aromatic heterocycles. The number of carbonyl (C=O) groups is 1. The van der Waals surface area contributed by atoms with Crippen LogP contribution in [-0.2, 0) is 16.2 Å². The molecule has 27 heavy (non-hydrogen) atoms. The molecule has 0 aliphatic carbocycles. The maximum absolute atomic E-state index is 14.7. The largest absolute Gasteiger partial charge is 0.390 e. The van der Waals surface area contributed by atoms with Crippen molar-refractivity contribution in [1.82, 2.24) is 19.9 Å². The first-order chi connectivity index (χ1) is 13.1. The van der Waals surface area contributed by atoms with Crippen LogP contribution >= 0.6 is 0 Å². The number of carbonyl (C=O) groups excluding carboxylic acids is 1. The molecule has 1 saturated heterocycles. The van der Waals surface area contributed by atoms with Crippen LogP contribution < -0.4 is 4.90 Å². The summed E-state index contributed by atoms with van der Waals surface area (Å²) in [5.74, 6) is -0.226. The van der Waals surface area contributed by atoms with Crippen molar-refractivity contribution in [2.75, 3.05) is 31.1 Å². The lowest BCUT2D eigenvalue weighted by atomic mass is 10.0. The van der Waals surface area contributed by atoms with E-state index >= 15 is 0 Å². The van der Waals surface area contributed by atoms with E-state index in [2.05, 4.69) is 15.5 Å². The zero-order chi connectivity index (χ0) is 18.8. The maximum atomic E-state index is 14.7. The fraction of sp³-hybridized carbons (Fsp3) is 0.444. The van der Waals surface area contributed by atoms with Crippen LogP contribution in [0.4, 0.5) is 10.1 Å². The Bertz CT molecular complexity index is 846. The summed E-state index contributed by atoms with van der Waals surface area (Å²) in [6, 6.07) is 5.16. The summed E-state index contributed by atoms with van der Waals surface area (Å²) in [5.41, 5.74) is 2.01. The predicted molar refractivity (Wildman–Crippen MR) is 96.9 cm³/mol. The summed E-state index contributed by atoms with van der Waals surface area (Å²) >= 11 is 0. The van der Waals surface area contributed by atoms with Gasteiger partial charge in [-0.15, -0.1) is 5.10 Å². The first-order valence-electron chi connectivity index (χ1n) is 8.97. The molecule has 2 aliphatic heterocycles. The monoisotopic (exact) mass is 372 g/mol. The molecule has 9 heteroatoms. The highest BCUT2D eigenvalue weighted by atomic mass is 19.1. The van der Waals surface area contributed by atoms with E-state index in [4.69, 9.17) is 4.84 Å². The summed E-state index contributed by atoms with van der Waals surface area (Å²) in [4.78, 5) is 20.6. The lowest BCUT2D eigenvalue weighted by Gasteiger charge is -2.35. The molecule has 0 bridgehead atoms. The van der Waals surface area contributed by atoms with Gasteiger partial charge in [-0.25, -0.2) is 9.07 Å². The molecule has 0 saturated carbocycles. The van der Waals surface area contributed by atoms with E-state index in [1.807, 2.05) is 11.0 Å². The third kappa shape index (κ3) is 3.76. The van der Waals surface area contributed by atoms with Crippen LogP contribution in [0.15, 0.2) is 35.7 Å². The number of benzene rings is 1. The molecule has 1 aromatic carbocycles. The molecule has 1 fully saturated rings. The van der Waals surface area contributed by atoms with Crippen molar-refractivity contribution >= 4 is 17.3 Å². The Morgan fingerprint density at radius 3 is 2.78 bits per heavy atom. The van der Waals surface area contributed by atoms with E-state index in [0.29, 0.717) is 44.8 Å². The average molecular weight is 372 g/mol. The number of rotatable bonds is 4. The van der Waals surface area contributed by atoms with Gasteiger partial charge in [-0.1, -0.05) is 16.4 Å². The normalized spacial score (nSPS) is 19.8. The molecular weight excluding hydrogens is 351 g/mol. The minimum atomic E-state index is -0.286. The molecule has 3 heterocycles. The minimum Gasteiger partial charge on any atom is -0.390 e. The van der Waals surface area contributed by atoms with E-state index < -0.39 is 0 Å².